The zero-order chi connectivity index (χ0) is 6.43. The second-order valence-corrected chi connectivity index (χ2v) is 2.11. The van der Waals surface area contributed by atoms with Crippen LogP contribution in [0.2, 0.25) is 0 Å². The minimum absolute atomic E-state index is 0.119. The molecule has 5 nitrogen and oxygen atoms in total. The molecule has 2 aliphatic heterocycles. The number of hydroxylamine groups is 2. The molecule has 2 saturated heterocycles. The first-order valence-electron chi connectivity index (χ1n) is 2.69. The summed E-state index contributed by atoms with van der Waals surface area (Å²) in [6.07, 6.45) is -0.119. The summed E-state index contributed by atoms with van der Waals surface area (Å²) in [5, 5.41) is 12.7. The third kappa shape index (κ3) is 0.699. The highest BCUT2D eigenvalue weighted by molar-refractivity contribution is 5.74. The van der Waals surface area contributed by atoms with Crippen molar-refractivity contribution < 1.29 is 14.7 Å². The summed E-state index contributed by atoms with van der Waals surface area (Å²) in [6.45, 7) is 0.458. The Morgan fingerprint density at radius 2 is 2.67 bits per heavy atom. The van der Waals surface area contributed by atoms with Crippen molar-refractivity contribution in [2.24, 2.45) is 0 Å². The number of carboxylic acid groups (broad SMARTS) is 1. The number of rotatable bonds is 1. The Hall–Kier alpha value is -0.650. The fourth-order valence-corrected chi connectivity index (χ4v) is 0.908. The first-order chi connectivity index (χ1) is 4.27. The minimum Gasteiger partial charge on any atom is -0.480 e. The smallest absolute Gasteiger partial charge is 0.322 e. The predicted molar refractivity (Wildman–Crippen MR) is 26.1 cm³/mol. The summed E-state index contributed by atoms with van der Waals surface area (Å²) >= 11 is 0. The maximum atomic E-state index is 10.2. The Labute approximate surface area is 51.2 Å². The molecule has 2 N–H and O–H groups in total. The topological polar surface area (TPSA) is 64.9 Å². The molecule has 2 fully saturated rings. The van der Waals surface area contributed by atoms with Crippen molar-refractivity contribution in [2.75, 3.05) is 6.54 Å². The van der Waals surface area contributed by atoms with Crippen molar-refractivity contribution in [1.82, 2.24) is 10.4 Å². The van der Waals surface area contributed by atoms with E-state index < -0.39 is 12.0 Å². The Morgan fingerprint density at radius 3 is 3.00 bits per heavy atom. The maximum Gasteiger partial charge on any atom is 0.322 e. The average molecular weight is 130 g/mol. The van der Waals surface area contributed by atoms with E-state index in [-0.39, 0.29) is 6.35 Å². The van der Waals surface area contributed by atoms with E-state index in [1.54, 1.807) is 5.06 Å². The Bertz CT molecular complexity index is 150. The van der Waals surface area contributed by atoms with Crippen LogP contribution in [-0.4, -0.2) is 35.1 Å². The summed E-state index contributed by atoms with van der Waals surface area (Å²) in [5.74, 6) is -0.814. The molecular formula is C4H6N2O3. The van der Waals surface area contributed by atoms with Gasteiger partial charge in [0.2, 0.25) is 6.35 Å². The second kappa shape index (κ2) is 1.44. The van der Waals surface area contributed by atoms with Gasteiger partial charge in [-0.05, 0) is 0 Å². The molecule has 50 valence electrons. The van der Waals surface area contributed by atoms with Crippen LogP contribution in [0.15, 0.2) is 0 Å². The molecule has 0 aliphatic carbocycles. The van der Waals surface area contributed by atoms with E-state index >= 15 is 0 Å². The van der Waals surface area contributed by atoms with Crippen molar-refractivity contribution in [2.45, 2.75) is 12.4 Å². The molecule has 0 bridgehead atoms. The molecule has 2 rings (SSSR count). The molecule has 9 heavy (non-hydrogen) atoms. The van der Waals surface area contributed by atoms with Crippen LogP contribution in [0.1, 0.15) is 0 Å². The molecule has 0 saturated carbocycles. The van der Waals surface area contributed by atoms with Gasteiger partial charge in [-0.15, -0.1) is 5.06 Å². The standard InChI is InChI=1S/C4H6N2O3/c7-3(8)2-1-6-4(5-2)9-6/h2,4-5H,1H2,(H,7,8). The summed E-state index contributed by atoms with van der Waals surface area (Å²) in [7, 11) is 0. The lowest BCUT2D eigenvalue weighted by atomic mass is 10.3. The fourth-order valence-electron chi connectivity index (χ4n) is 0.908. The van der Waals surface area contributed by atoms with E-state index in [9.17, 15) is 4.79 Å². The predicted octanol–water partition coefficient (Wildman–Crippen LogP) is -1.43. The number of nitrogens with zero attached hydrogens (tertiary/aromatic N) is 1. The van der Waals surface area contributed by atoms with Gasteiger partial charge in [0.25, 0.3) is 0 Å². The van der Waals surface area contributed by atoms with Crippen LogP contribution in [-0.2, 0) is 9.63 Å². The zero-order valence-corrected chi connectivity index (χ0v) is 4.57. The van der Waals surface area contributed by atoms with E-state index in [2.05, 4.69) is 5.32 Å². The monoisotopic (exact) mass is 130 g/mol. The Morgan fingerprint density at radius 1 is 1.89 bits per heavy atom. The molecule has 0 aromatic rings. The first kappa shape index (κ1) is 5.16. The van der Waals surface area contributed by atoms with E-state index in [4.69, 9.17) is 9.94 Å². The molecule has 0 amide bonds. The number of hydrogen-bond acceptors (Lipinski definition) is 4. The summed E-state index contributed by atoms with van der Waals surface area (Å²) in [4.78, 5) is 15.0. The SMILES string of the molecule is O=C(O)C1CN2OC2N1. The van der Waals surface area contributed by atoms with Crippen LogP contribution in [0.4, 0.5) is 0 Å². The quantitative estimate of drug-likeness (QED) is 0.426. The van der Waals surface area contributed by atoms with Gasteiger partial charge < -0.3 is 5.11 Å². The Kier molecular flexibility index (Phi) is 0.825. The van der Waals surface area contributed by atoms with Crippen molar-refractivity contribution in [3.63, 3.8) is 0 Å². The van der Waals surface area contributed by atoms with Gasteiger partial charge in [0, 0.05) is 0 Å². The van der Waals surface area contributed by atoms with Gasteiger partial charge in [0.15, 0.2) is 0 Å². The lowest BCUT2D eigenvalue weighted by molar-refractivity contribution is -0.139. The summed E-state index contributed by atoms with van der Waals surface area (Å²) in [5.41, 5.74) is 0. The third-order valence-electron chi connectivity index (χ3n) is 1.46. The number of nitrogens with one attached hydrogen (secondary N) is 1. The molecular weight excluding hydrogens is 124 g/mol. The summed E-state index contributed by atoms with van der Waals surface area (Å²) in [6, 6.07) is -0.441. The van der Waals surface area contributed by atoms with Crippen molar-refractivity contribution >= 4 is 5.97 Å². The number of carbonyl (C=O) groups is 1. The minimum atomic E-state index is -0.814. The highest BCUT2D eigenvalue weighted by Crippen LogP contribution is 2.23. The number of carboxylic acids is 1. The molecule has 0 radical (unpaired) electrons. The van der Waals surface area contributed by atoms with E-state index in [0.29, 0.717) is 6.54 Å². The highest BCUT2D eigenvalue weighted by Gasteiger charge is 2.48. The zero-order valence-electron chi connectivity index (χ0n) is 4.57. The van der Waals surface area contributed by atoms with Gasteiger partial charge in [0.05, 0.1) is 6.54 Å². The normalized spacial score (nSPS) is 46.4. The molecule has 0 aromatic carbocycles. The van der Waals surface area contributed by atoms with Crippen LogP contribution >= 0.6 is 0 Å². The van der Waals surface area contributed by atoms with Gasteiger partial charge in [-0.2, -0.15) is 0 Å². The second-order valence-electron chi connectivity index (χ2n) is 2.11. The van der Waals surface area contributed by atoms with Crippen LogP contribution in [0.5, 0.6) is 0 Å². The van der Waals surface area contributed by atoms with Gasteiger partial charge in [0.1, 0.15) is 6.04 Å². The van der Waals surface area contributed by atoms with Crippen LogP contribution < -0.4 is 5.32 Å². The highest BCUT2D eigenvalue weighted by atomic mass is 16.9. The third-order valence-corrected chi connectivity index (χ3v) is 1.46. The van der Waals surface area contributed by atoms with E-state index in [1.165, 1.54) is 0 Å². The van der Waals surface area contributed by atoms with Crippen molar-refractivity contribution in [3.05, 3.63) is 0 Å². The first-order valence-corrected chi connectivity index (χ1v) is 2.69. The fraction of sp³-hybridized carbons (Fsp3) is 0.750. The number of hydrogen-bond donors (Lipinski definition) is 2. The van der Waals surface area contributed by atoms with Gasteiger partial charge in [-0.1, -0.05) is 0 Å². The van der Waals surface area contributed by atoms with Gasteiger partial charge >= 0.3 is 5.97 Å². The van der Waals surface area contributed by atoms with Crippen LogP contribution in [0.3, 0.4) is 0 Å². The molecule has 3 unspecified atom stereocenters. The largest absolute Gasteiger partial charge is 0.480 e. The van der Waals surface area contributed by atoms with Crippen molar-refractivity contribution in [3.8, 4) is 0 Å². The van der Waals surface area contributed by atoms with Gasteiger partial charge in [-0.25, -0.2) is 0 Å². The molecule has 3 atom stereocenters. The molecule has 2 aliphatic rings. The molecule has 5 heteroatoms. The number of fused-ring (bicyclic) bond motifs is 1. The van der Waals surface area contributed by atoms with Crippen molar-refractivity contribution in [1.29, 1.82) is 0 Å². The molecule has 0 aromatic heterocycles. The van der Waals surface area contributed by atoms with Crippen LogP contribution in [0.25, 0.3) is 0 Å². The van der Waals surface area contributed by atoms with Gasteiger partial charge in [-0.3, -0.25) is 14.9 Å². The lowest BCUT2D eigenvalue weighted by Gasteiger charge is -2.02. The molecule has 0 spiro atoms. The maximum absolute atomic E-state index is 10.2. The average Bonchev–Trinajstić information content (AvgIpc) is 2.40. The molecule has 2 heterocycles. The van der Waals surface area contributed by atoms with E-state index in [0.717, 1.165) is 0 Å². The van der Waals surface area contributed by atoms with Crippen LogP contribution in [0, 0.1) is 0 Å². The number of aliphatic carboxylic acids is 1. The lowest BCUT2D eigenvalue weighted by Crippen LogP contribution is -2.36. The summed E-state index contributed by atoms with van der Waals surface area (Å²) < 4.78 is 0. The van der Waals surface area contributed by atoms with E-state index in [1.807, 2.05) is 0 Å². The Balaban J connectivity index is 1.97.